The van der Waals surface area contributed by atoms with Gasteiger partial charge in [-0.1, -0.05) is 6.07 Å². The van der Waals surface area contributed by atoms with E-state index in [0.717, 1.165) is 17.1 Å². The molecule has 8 heteroatoms. The van der Waals surface area contributed by atoms with Gasteiger partial charge in [-0.05, 0) is 36.0 Å². The van der Waals surface area contributed by atoms with E-state index in [1.54, 1.807) is 12.4 Å². The lowest BCUT2D eigenvalue weighted by atomic mass is 10.3. The number of aromatic nitrogens is 2. The Morgan fingerprint density at radius 2 is 2.25 bits per heavy atom. The average molecular weight is 310 g/mol. The third-order valence-corrected chi connectivity index (χ3v) is 6.38. The van der Waals surface area contributed by atoms with Gasteiger partial charge >= 0.3 is 0 Å². The molecular formula is C12H14N4O2S2. The van der Waals surface area contributed by atoms with E-state index in [-0.39, 0.29) is 16.0 Å². The van der Waals surface area contributed by atoms with E-state index in [1.165, 1.54) is 0 Å². The SMILES string of the molecule is Nc1nsc(NCc2cccnc2)c1S(=O)(=O)C1CC1. The highest BCUT2D eigenvalue weighted by Gasteiger charge is 2.40. The molecule has 0 aromatic carbocycles. The zero-order valence-corrected chi connectivity index (χ0v) is 12.2. The second-order valence-corrected chi connectivity index (χ2v) is 7.62. The summed E-state index contributed by atoms with van der Waals surface area (Å²) in [6.45, 7) is 0.489. The van der Waals surface area contributed by atoms with Crippen LogP contribution < -0.4 is 11.1 Å². The average Bonchev–Trinajstić information content (AvgIpc) is 3.22. The normalized spacial score (nSPS) is 15.2. The van der Waals surface area contributed by atoms with Gasteiger partial charge in [-0.2, -0.15) is 4.37 Å². The fraction of sp³-hybridized carbons (Fsp3) is 0.333. The van der Waals surface area contributed by atoms with E-state index >= 15 is 0 Å². The summed E-state index contributed by atoms with van der Waals surface area (Å²) in [5, 5.41) is 3.32. The molecule has 3 rings (SSSR count). The van der Waals surface area contributed by atoms with Gasteiger partial charge < -0.3 is 11.1 Å². The Morgan fingerprint density at radius 3 is 2.90 bits per heavy atom. The molecular weight excluding hydrogens is 296 g/mol. The highest BCUT2D eigenvalue weighted by atomic mass is 32.2. The van der Waals surface area contributed by atoms with Gasteiger partial charge in [0.25, 0.3) is 0 Å². The number of nitrogen functional groups attached to an aromatic ring is 1. The molecule has 1 fully saturated rings. The molecule has 0 bridgehead atoms. The van der Waals surface area contributed by atoms with Crippen molar-refractivity contribution in [1.29, 1.82) is 0 Å². The second-order valence-electron chi connectivity index (χ2n) is 4.69. The summed E-state index contributed by atoms with van der Waals surface area (Å²) < 4.78 is 28.7. The van der Waals surface area contributed by atoms with Gasteiger partial charge in [0.05, 0.1) is 5.25 Å². The molecule has 20 heavy (non-hydrogen) atoms. The van der Waals surface area contributed by atoms with Crippen molar-refractivity contribution in [2.75, 3.05) is 11.1 Å². The zero-order chi connectivity index (χ0) is 14.2. The minimum Gasteiger partial charge on any atom is -0.382 e. The van der Waals surface area contributed by atoms with Crippen molar-refractivity contribution in [2.24, 2.45) is 0 Å². The molecule has 0 aliphatic heterocycles. The van der Waals surface area contributed by atoms with Crippen LogP contribution in [0.1, 0.15) is 18.4 Å². The summed E-state index contributed by atoms with van der Waals surface area (Å²) in [6, 6.07) is 3.75. The lowest BCUT2D eigenvalue weighted by Gasteiger charge is -2.07. The van der Waals surface area contributed by atoms with Gasteiger partial charge in [0.15, 0.2) is 15.7 Å². The Bertz CT molecular complexity index is 708. The maximum atomic E-state index is 12.3. The minimum absolute atomic E-state index is 0.0931. The van der Waals surface area contributed by atoms with E-state index in [4.69, 9.17) is 5.73 Å². The topological polar surface area (TPSA) is 98.0 Å². The first-order valence-corrected chi connectivity index (χ1v) is 8.53. The summed E-state index contributed by atoms with van der Waals surface area (Å²) in [5.74, 6) is 0.0931. The number of pyridine rings is 1. The Labute approximate surface area is 121 Å². The first kappa shape index (κ1) is 13.3. The van der Waals surface area contributed by atoms with Gasteiger partial charge in [0, 0.05) is 18.9 Å². The van der Waals surface area contributed by atoms with Crippen molar-refractivity contribution in [2.45, 2.75) is 29.5 Å². The van der Waals surface area contributed by atoms with Crippen LogP contribution in [0.4, 0.5) is 10.8 Å². The number of hydrogen-bond acceptors (Lipinski definition) is 7. The summed E-state index contributed by atoms with van der Waals surface area (Å²) in [5.41, 5.74) is 6.70. The fourth-order valence-corrected chi connectivity index (χ4v) is 4.79. The molecule has 1 aliphatic carbocycles. The largest absolute Gasteiger partial charge is 0.382 e. The van der Waals surface area contributed by atoms with Crippen LogP contribution in [0, 0.1) is 0 Å². The van der Waals surface area contributed by atoms with Crippen LogP contribution in [0.5, 0.6) is 0 Å². The molecule has 2 aromatic rings. The number of hydrogen-bond donors (Lipinski definition) is 2. The van der Waals surface area contributed by atoms with Gasteiger partial charge in [-0.15, -0.1) is 0 Å². The van der Waals surface area contributed by atoms with Crippen LogP contribution >= 0.6 is 11.5 Å². The van der Waals surface area contributed by atoms with Gasteiger partial charge in [0.2, 0.25) is 0 Å². The Morgan fingerprint density at radius 1 is 1.45 bits per heavy atom. The Kier molecular flexibility index (Phi) is 3.35. The predicted molar refractivity (Wildman–Crippen MR) is 78.3 cm³/mol. The standard InChI is InChI=1S/C12H14N4O2S2/c13-11-10(20(17,18)9-3-4-9)12(19-16-11)15-7-8-2-1-5-14-6-8/h1-2,5-6,9,15H,3-4,7H2,(H2,13,16). The number of anilines is 2. The van der Waals surface area contributed by atoms with Crippen molar-refractivity contribution < 1.29 is 8.42 Å². The summed E-state index contributed by atoms with van der Waals surface area (Å²) in [4.78, 5) is 4.18. The summed E-state index contributed by atoms with van der Waals surface area (Å²) in [7, 11) is -3.34. The predicted octanol–water partition coefficient (Wildman–Crippen LogP) is 1.67. The molecule has 2 heterocycles. The monoisotopic (exact) mass is 310 g/mol. The van der Waals surface area contributed by atoms with Gasteiger partial charge in [-0.25, -0.2) is 8.42 Å². The van der Waals surface area contributed by atoms with Crippen LogP contribution in [0.2, 0.25) is 0 Å². The first-order chi connectivity index (χ1) is 9.59. The molecule has 0 saturated heterocycles. The molecule has 0 radical (unpaired) electrons. The molecule has 106 valence electrons. The van der Waals surface area contributed by atoms with E-state index in [9.17, 15) is 8.42 Å². The first-order valence-electron chi connectivity index (χ1n) is 6.21. The maximum absolute atomic E-state index is 12.3. The number of nitrogens with zero attached hydrogens (tertiary/aromatic N) is 2. The molecule has 0 unspecified atom stereocenters. The zero-order valence-electron chi connectivity index (χ0n) is 10.6. The second kappa shape index (κ2) is 5.02. The molecule has 0 spiro atoms. The molecule has 3 N–H and O–H groups in total. The van der Waals surface area contributed by atoms with E-state index in [1.807, 2.05) is 12.1 Å². The van der Waals surface area contributed by atoms with Crippen molar-refractivity contribution in [3.8, 4) is 0 Å². The van der Waals surface area contributed by atoms with Crippen LogP contribution in [0.15, 0.2) is 29.4 Å². The van der Waals surface area contributed by atoms with Crippen molar-refractivity contribution in [3.63, 3.8) is 0 Å². The quantitative estimate of drug-likeness (QED) is 0.871. The lowest BCUT2D eigenvalue weighted by Crippen LogP contribution is -2.11. The third kappa shape index (κ3) is 2.48. The lowest BCUT2D eigenvalue weighted by molar-refractivity contribution is 0.595. The number of nitrogens with one attached hydrogen (secondary N) is 1. The Hall–Kier alpha value is -1.67. The highest BCUT2D eigenvalue weighted by Crippen LogP contribution is 2.41. The van der Waals surface area contributed by atoms with Crippen LogP contribution in [0.3, 0.4) is 0 Å². The number of sulfone groups is 1. The van der Waals surface area contributed by atoms with Gasteiger partial charge in [0.1, 0.15) is 9.90 Å². The smallest absolute Gasteiger partial charge is 0.187 e. The molecule has 0 atom stereocenters. The van der Waals surface area contributed by atoms with E-state index in [2.05, 4.69) is 14.7 Å². The van der Waals surface area contributed by atoms with Gasteiger partial charge in [-0.3, -0.25) is 4.98 Å². The molecule has 0 amide bonds. The summed E-state index contributed by atoms with van der Waals surface area (Å²) in [6.07, 6.45) is 4.84. The molecule has 6 nitrogen and oxygen atoms in total. The summed E-state index contributed by atoms with van der Waals surface area (Å²) >= 11 is 1.08. The number of nitrogens with two attached hydrogens (primary N) is 1. The van der Waals surface area contributed by atoms with E-state index in [0.29, 0.717) is 24.4 Å². The van der Waals surface area contributed by atoms with Crippen molar-refractivity contribution in [3.05, 3.63) is 30.1 Å². The van der Waals surface area contributed by atoms with Crippen LogP contribution in [-0.4, -0.2) is 23.0 Å². The minimum atomic E-state index is -3.34. The third-order valence-electron chi connectivity index (χ3n) is 3.10. The number of rotatable bonds is 5. The Balaban J connectivity index is 1.84. The van der Waals surface area contributed by atoms with Crippen molar-refractivity contribution in [1.82, 2.24) is 9.36 Å². The molecule has 1 saturated carbocycles. The van der Waals surface area contributed by atoms with E-state index < -0.39 is 9.84 Å². The van der Waals surface area contributed by atoms with Crippen molar-refractivity contribution >= 4 is 32.2 Å². The fourth-order valence-electron chi connectivity index (χ4n) is 1.91. The molecule has 1 aliphatic rings. The molecule has 2 aromatic heterocycles. The highest BCUT2D eigenvalue weighted by molar-refractivity contribution is 7.92. The maximum Gasteiger partial charge on any atom is 0.187 e. The van der Waals surface area contributed by atoms with Crippen LogP contribution in [0.25, 0.3) is 0 Å². The van der Waals surface area contributed by atoms with Crippen LogP contribution in [-0.2, 0) is 16.4 Å².